The van der Waals surface area contributed by atoms with Gasteiger partial charge in [-0.1, -0.05) is 54.2 Å². The predicted molar refractivity (Wildman–Crippen MR) is 133 cm³/mol. The number of nitrogens with zero attached hydrogens (tertiary/aromatic N) is 4. The van der Waals surface area contributed by atoms with Crippen molar-refractivity contribution in [3.8, 4) is 17.1 Å². The van der Waals surface area contributed by atoms with E-state index >= 15 is 0 Å². The van der Waals surface area contributed by atoms with Crippen LogP contribution in [0.5, 0.6) is 5.75 Å². The van der Waals surface area contributed by atoms with E-state index in [1.807, 2.05) is 30.3 Å². The van der Waals surface area contributed by atoms with Crippen molar-refractivity contribution < 1.29 is 9.53 Å². The van der Waals surface area contributed by atoms with Crippen molar-refractivity contribution in [1.29, 1.82) is 0 Å². The topological polar surface area (TPSA) is 60.3 Å². The third kappa shape index (κ3) is 5.41. The molecule has 2 atom stereocenters. The zero-order valence-electron chi connectivity index (χ0n) is 19.6. The number of thioether (sulfide) groups is 1. The van der Waals surface area contributed by atoms with Crippen LogP contribution >= 0.6 is 11.8 Å². The molecule has 0 spiro atoms. The van der Waals surface area contributed by atoms with Crippen molar-refractivity contribution in [2.24, 2.45) is 0 Å². The number of benzene rings is 2. The largest absolute Gasteiger partial charge is 0.496 e. The van der Waals surface area contributed by atoms with Crippen LogP contribution in [0.1, 0.15) is 38.7 Å². The highest BCUT2D eigenvalue weighted by Gasteiger charge is 2.29. The van der Waals surface area contributed by atoms with E-state index < -0.39 is 0 Å². The van der Waals surface area contributed by atoms with E-state index in [-0.39, 0.29) is 5.91 Å². The molecular weight excluding hydrogens is 432 g/mol. The van der Waals surface area contributed by atoms with E-state index in [1.54, 1.807) is 7.11 Å². The lowest BCUT2D eigenvalue weighted by Crippen LogP contribution is -2.48. The van der Waals surface area contributed by atoms with Crippen LogP contribution in [0.3, 0.4) is 0 Å². The molecule has 0 saturated carbocycles. The zero-order valence-corrected chi connectivity index (χ0v) is 20.4. The first-order valence-corrected chi connectivity index (χ1v) is 12.6. The maximum absolute atomic E-state index is 13.1. The number of hydrogen-bond acceptors (Lipinski definition) is 5. The summed E-state index contributed by atoms with van der Waals surface area (Å²) in [6.07, 6.45) is 4.19. The van der Waals surface area contributed by atoms with Crippen molar-refractivity contribution in [3.63, 3.8) is 0 Å². The second-order valence-corrected chi connectivity index (χ2v) is 9.55. The van der Waals surface area contributed by atoms with Gasteiger partial charge in [0.25, 0.3) is 0 Å². The Morgan fingerprint density at radius 1 is 1.03 bits per heavy atom. The molecule has 1 aliphatic rings. The van der Waals surface area contributed by atoms with E-state index in [4.69, 9.17) is 4.74 Å². The van der Waals surface area contributed by atoms with E-state index in [1.165, 1.54) is 23.7 Å². The third-order valence-corrected chi connectivity index (χ3v) is 7.29. The molecule has 6 nitrogen and oxygen atoms in total. The standard InChI is InChI=1S/C26H32N4O2S/c1-19-10-9-11-20(2)30(19)24(31)18-33-26-28-27-25(22-14-7-8-15-23(22)32-3)29(26)17-16-21-12-5-4-6-13-21/h4-8,12-15,19-20H,9-11,16-18H2,1-3H3/t19-,20-/m1/s1. The number of rotatable bonds is 8. The van der Waals surface area contributed by atoms with Gasteiger partial charge in [-0.3, -0.25) is 4.79 Å². The highest BCUT2D eigenvalue weighted by molar-refractivity contribution is 7.99. The van der Waals surface area contributed by atoms with Gasteiger partial charge in [-0.2, -0.15) is 0 Å². The summed E-state index contributed by atoms with van der Waals surface area (Å²) in [7, 11) is 1.67. The van der Waals surface area contributed by atoms with Crippen LogP contribution in [0.25, 0.3) is 11.4 Å². The lowest BCUT2D eigenvalue weighted by molar-refractivity contribution is -0.134. The van der Waals surface area contributed by atoms with Gasteiger partial charge in [0, 0.05) is 18.6 Å². The number of amides is 1. The van der Waals surface area contributed by atoms with Crippen LogP contribution in [-0.2, 0) is 17.8 Å². The van der Waals surface area contributed by atoms with Gasteiger partial charge in [0.05, 0.1) is 18.4 Å². The number of hydrogen-bond donors (Lipinski definition) is 0. The molecule has 2 aromatic carbocycles. The Morgan fingerprint density at radius 3 is 2.45 bits per heavy atom. The minimum absolute atomic E-state index is 0.177. The van der Waals surface area contributed by atoms with Gasteiger partial charge in [0.15, 0.2) is 11.0 Å². The Hall–Kier alpha value is -2.80. The summed E-state index contributed by atoms with van der Waals surface area (Å²) < 4.78 is 7.70. The second kappa shape index (κ2) is 10.9. The van der Waals surface area contributed by atoms with Gasteiger partial charge in [-0.25, -0.2) is 0 Å². The minimum Gasteiger partial charge on any atom is -0.496 e. The monoisotopic (exact) mass is 464 g/mol. The van der Waals surface area contributed by atoms with Crippen LogP contribution in [0, 0.1) is 0 Å². The van der Waals surface area contributed by atoms with E-state index in [0.717, 1.165) is 48.1 Å². The number of carbonyl (C=O) groups is 1. The zero-order chi connectivity index (χ0) is 23.2. The highest BCUT2D eigenvalue weighted by Crippen LogP contribution is 2.32. The summed E-state index contributed by atoms with van der Waals surface area (Å²) in [6, 6.07) is 18.8. The van der Waals surface area contributed by atoms with E-state index in [9.17, 15) is 4.79 Å². The predicted octanol–water partition coefficient (Wildman–Crippen LogP) is 5.08. The minimum atomic E-state index is 0.177. The molecular formula is C26H32N4O2S. The van der Waals surface area contributed by atoms with Crippen molar-refractivity contribution in [2.45, 2.75) is 63.3 Å². The molecule has 33 heavy (non-hydrogen) atoms. The molecule has 1 fully saturated rings. The maximum Gasteiger partial charge on any atom is 0.233 e. The van der Waals surface area contributed by atoms with Gasteiger partial charge in [0.2, 0.25) is 5.91 Å². The number of aromatic nitrogens is 3. The number of methoxy groups -OCH3 is 1. The van der Waals surface area contributed by atoms with E-state index in [2.05, 4.69) is 57.8 Å². The first-order chi connectivity index (χ1) is 16.1. The maximum atomic E-state index is 13.1. The van der Waals surface area contributed by atoms with Crippen LogP contribution in [-0.4, -0.2) is 50.5 Å². The van der Waals surface area contributed by atoms with Crippen molar-refractivity contribution >= 4 is 17.7 Å². The number of aryl methyl sites for hydroxylation is 1. The molecule has 1 aromatic heterocycles. The number of likely N-dealkylation sites (tertiary alicyclic amines) is 1. The molecule has 1 saturated heterocycles. The molecule has 0 aliphatic carbocycles. The van der Waals surface area contributed by atoms with Crippen LogP contribution < -0.4 is 4.74 Å². The molecule has 4 rings (SSSR count). The lowest BCUT2D eigenvalue weighted by atomic mass is 9.98. The fourth-order valence-electron chi connectivity index (χ4n) is 4.62. The van der Waals surface area contributed by atoms with E-state index in [0.29, 0.717) is 17.8 Å². The number of piperidine rings is 1. The third-order valence-electron chi connectivity index (χ3n) is 6.34. The van der Waals surface area contributed by atoms with Crippen LogP contribution in [0.2, 0.25) is 0 Å². The van der Waals surface area contributed by atoms with Crippen LogP contribution in [0.15, 0.2) is 59.8 Å². The first-order valence-electron chi connectivity index (χ1n) is 11.6. The molecule has 0 bridgehead atoms. The van der Waals surface area contributed by atoms with Crippen LogP contribution in [0.4, 0.5) is 0 Å². The summed E-state index contributed by atoms with van der Waals surface area (Å²) in [5.74, 6) is 2.06. The lowest BCUT2D eigenvalue weighted by Gasteiger charge is -2.39. The molecule has 3 aromatic rings. The number of para-hydroxylation sites is 1. The Kier molecular flexibility index (Phi) is 7.70. The Labute approximate surface area is 200 Å². The molecule has 2 heterocycles. The molecule has 0 N–H and O–H groups in total. The quantitative estimate of drug-likeness (QED) is 0.435. The molecule has 7 heteroatoms. The Balaban J connectivity index is 1.57. The molecule has 1 amide bonds. The normalized spacial score (nSPS) is 18.3. The summed E-state index contributed by atoms with van der Waals surface area (Å²) in [6.45, 7) is 5.03. The smallest absolute Gasteiger partial charge is 0.233 e. The van der Waals surface area contributed by atoms with Gasteiger partial charge < -0.3 is 14.2 Å². The highest BCUT2D eigenvalue weighted by atomic mass is 32.2. The summed E-state index contributed by atoms with van der Waals surface area (Å²) in [5, 5.41) is 9.76. The van der Waals surface area contributed by atoms with Gasteiger partial charge in [-0.05, 0) is 57.2 Å². The first kappa shape index (κ1) is 23.4. The van der Waals surface area contributed by atoms with Crippen molar-refractivity contribution in [3.05, 3.63) is 60.2 Å². The van der Waals surface area contributed by atoms with Gasteiger partial charge in [0.1, 0.15) is 5.75 Å². The molecule has 1 aliphatic heterocycles. The fraction of sp³-hybridized carbons (Fsp3) is 0.423. The molecule has 0 radical (unpaired) electrons. The molecule has 174 valence electrons. The second-order valence-electron chi connectivity index (χ2n) is 8.61. The molecule has 0 unspecified atom stereocenters. The Morgan fingerprint density at radius 2 is 1.73 bits per heavy atom. The average Bonchev–Trinajstić information content (AvgIpc) is 3.24. The fourth-order valence-corrected chi connectivity index (χ4v) is 5.46. The van der Waals surface area contributed by atoms with Crippen molar-refractivity contribution in [2.75, 3.05) is 12.9 Å². The van der Waals surface area contributed by atoms with Gasteiger partial charge >= 0.3 is 0 Å². The number of carbonyl (C=O) groups excluding carboxylic acids is 1. The Bertz CT molecular complexity index is 1060. The summed E-state index contributed by atoms with van der Waals surface area (Å²) in [4.78, 5) is 15.1. The average molecular weight is 465 g/mol. The van der Waals surface area contributed by atoms with Crippen molar-refractivity contribution in [1.82, 2.24) is 19.7 Å². The van der Waals surface area contributed by atoms with Gasteiger partial charge in [-0.15, -0.1) is 10.2 Å². The summed E-state index contributed by atoms with van der Waals surface area (Å²) >= 11 is 1.47. The SMILES string of the molecule is COc1ccccc1-c1nnc(SCC(=O)N2[C@H](C)CCC[C@H]2C)n1CCc1ccccc1. The summed E-state index contributed by atoms with van der Waals surface area (Å²) in [5.41, 5.74) is 2.15. The number of ether oxygens (including phenoxy) is 1.